The van der Waals surface area contributed by atoms with E-state index in [1.807, 2.05) is 19.1 Å². The maximum Gasteiger partial charge on any atom is 0.219 e. The molecule has 2 N–H and O–H groups in total. The molecule has 0 radical (unpaired) electrons. The molecule has 4 nitrogen and oxygen atoms in total. The molecule has 1 aromatic carbocycles. The van der Waals surface area contributed by atoms with E-state index in [1.54, 1.807) is 19.4 Å². The maximum atomic E-state index is 13.4. The van der Waals surface area contributed by atoms with Crippen LogP contribution in [0.5, 0.6) is 11.6 Å². The minimum absolute atomic E-state index is 0.0675. The molecule has 5 heteroatoms. The van der Waals surface area contributed by atoms with Crippen LogP contribution < -0.4 is 15.2 Å². The molecule has 0 aliphatic rings. The highest BCUT2D eigenvalue weighted by atomic mass is 19.1. The monoisotopic (exact) mass is 290 g/mol. The van der Waals surface area contributed by atoms with Crippen LogP contribution in [0.1, 0.15) is 18.1 Å². The van der Waals surface area contributed by atoms with E-state index >= 15 is 0 Å². The molecule has 0 aliphatic carbocycles. The molecule has 0 saturated heterocycles. The normalized spacial score (nSPS) is 12.0. The van der Waals surface area contributed by atoms with Gasteiger partial charge in [0.15, 0.2) is 0 Å². The highest BCUT2D eigenvalue weighted by Crippen LogP contribution is 2.23. The fourth-order valence-electron chi connectivity index (χ4n) is 2.07. The Bertz CT molecular complexity index is 603. The number of rotatable bonds is 6. The summed E-state index contributed by atoms with van der Waals surface area (Å²) < 4.78 is 24.3. The van der Waals surface area contributed by atoms with Crippen LogP contribution in [-0.4, -0.2) is 18.1 Å². The van der Waals surface area contributed by atoms with E-state index in [-0.39, 0.29) is 11.9 Å². The van der Waals surface area contributed by atoms with Gasteiger partial charge >= 0.3 is 0 Å². The summed E-state index contributed by atoms with van der Waals surface area (Å²) in [6, 6.07) is 8.08. The van der Waals surface area contributed by atoms with Crippen molar-refractivity contribution in [2.75, 3.05) is 7.11 Å². The van der Waals surface area contributed by atoms with Gasteiger partial charge in [0.25, 0.3) is 0 Å². The second-order valence-electron chi connectivity index (χ2n) is 4.89. The largest absolute Gasteiger partial charge is 0.488 e. The topological polar surface area (TPSA) is 57.4 Å². The summed E-state index contributed by atoms with van der Waals surface area (Å²) >= 11 is 0. The summed E-state index contributed by atoms with van der Waals surface area (Å²) in [7, 11) is 1.56. The van der Waals surface area contributed by atoms with Crippen LogP contribution >= 0.6 is 0 Å². The number of ether oxygens (including phenoxy) is 2. The quantitative estimate of drug-likeness (QED) is 0.888. The number of nitrogens with zero attached hydrogens (tertiary/aromatic N) is 1. The van der Waals surface area contributed by atoms with Gasteiger partial charge in [0.05, 0.1) is 12.7 Å². The fourth-order valence-corrected chi connectivity index (χ4v) is 2.07. The number of aromatic nitrogens is 1. The smallest absolute Gasteiger partial charge is 0.219 e. The van der Waals surface area contributed by atoms with Crippen LogP contribution in [0.15, 0.2) is 36.5 Å². The third kappa shape index (κ3) is 4.16. The lowest BCUT2D eigenvalue weighted by atomic mass is 10.1. The number of halogens is 1. The molecule has 21 heavy (non-hydrogen) atoms. The van der Waals surface area contributed by atoms with Crippen LogP contribution in [0.2, 0.25) is 0 Å². The second kappa shape index (κ2) is 7.04. The summed E-state index contributed by atoms with van der Waals surface area (Å²) in [6.45, 7) is 2.17. The average molecular weight is 290 g/mol. The van der Waals surface area contributed by atoms with E-state index in [2.05, 4.69) is 4.98 Å². The zero-order valence-electron chi connectivity index (χ0n) is 12.2. The fraction of sp³-hybridized carbons (Fsp3) is 0.312. The first-order valence-corrected chi connectivity index (χ1v) is 6.75. The molecule has 112 valence electrons. The van der Waals surface area contributed by atoms with Crippen molar-refractivity contribution < 1.29 is 13.9 Å². The van der Waals surface area contributed by atoms with Crippen LogP contribution in [0.4, 0.5) is 4.39 Å². The van der Waals surface area contributed by atoms with Crippen molar-refractivity contribution >= 4 is 0 Å². The van der Waals surface area contributed by atoms with Crippen molar-refractivity contribution in [2.24, 2.45) is 5.73 Å². The Morgan fingerprint density at radius 2 is 2.10 bits per heavy atom. The molecule has 0 saturated carbocycles. The highest BCUT2D eigenvalue weighted by molar-refractivity contribution is 5.35. The molecule has 2 aromatic rings. The van der Waals surface area contributed by atoms with Gasteiger partial charge in [-0.1, -0.05) is 0 Å². The highest BCUT2D eigenvalue weighted by Gasteiger charge is 2.10. The van der Waals surface area contributed by atoms with Gasteiger partial charge in [0.1, 0.15) is 18.2 Å². The third-order valence-electron chi connectivity index (χ3n) is 2.99. The Morgan fingerprint density at radius 3 is 2.81 bits per heavy atom. The van der Waals surface area contributed by atoms with Crippen molar-refractivity contribution in [2.45, 2.75) is 26.0 Å². The number of nitrogens with two attached hydrogens (primary N) is 1. The second-order valence-corrected chi connectivity index (χ2v) is 4.89. The molecule has 2 rings (SSSR count). The van der Waals surface area contributed by atoms with Gasteiger partial charge in [-0.25, -0.2) is 9.37 Å². The lowest BCUT2D eigenvalue weighted by Gasteiger charge is -2.14. The maximum absolute atomic E-state index is 13.4. The lowest BCUT2D eigenvalue weighted by Crippen LogP contribution is -2.18. The Kier molecular flexibility index (Phi) is 5.11. The van der Waals surface area contributed by atoms with Crippen molar-refractivity contribution in [1.82, 2.24) is 4.98 Å². The van der Waals surface area contributed by atoms with Crippen molar-refractivity contribution in [3.05, 3.63) is 53.5 Å². The van der Waals surface area contributed by atoms with Crippen molar-refractivity contribution in [3.8, 4) is 11.6 Å². The molecule has 0 aliphatic heterocycles. The Morgan fingerprint density at radius 1 is 1.29 bits per heavy atom. The summed E-state index contributed by atoms with van der Waals surface area (Å²) in [5.41, 5.74) is 7.38. The van der Waals surface area contributed by atoms with Gasteiger partial charge in [-0.15, -0.1) is 0 Å². The van der Waals surface area contributed by atoms with E-state index in [1.165, 1.54) is 12.1 Å². The summed E-state index contributed by atoms with van der Waals surface area (Å²) in [5.74, 6) is 0.852. The van der Waals surface area contributed by atoms with Gasteiger partial charge in [-0.05, 0) is 49.2 Å². The van der Waals surface area contributed by atoms with E-state index in [4.69, 9.17) is 15.2 Å². The Balaban J connectivity index is 2.16. The van der Waals surface area contributed by atoms with Gasteiger partial charge < -0.3 is 15.2 Å². The summed E-state index contributed by atoms with van der Waals surface area (Å²) in [5, 5.41) is 0. The molecule has 1 unspecified atom stereocenters. The molecule has 1 atom stereocenters. The lowest BCUT2D eigenvalue weighted by molar-refractivity contribution is 0.290. The molecule has 0 bridgehead atoms. The molecular formula is C16H19FN2O2. The average Bonchev–Trinajstić information content (AvgIpc) is 2.46. The van der Waals surface area contributed by atoms with Crippen molar-refractivity contribution in [3.63, 3.8) is 0 Å². The molecule has 1 aromatic heterocycles. The van der Waals surface area contributed by atoms with Gasteiger partial charge in [-0.2, -0.15) is 0 Å². The van der Waals surface area contributed by atoms with Gasteiger partial charge in [0.2, 0.25) is 5.88 Å². The summed E-state index contributed by atoms with van der Waals surface area (Å²) in [6.07, 6.45) is 2.21. The first kappa shape index (κ1) is 15.3. The van der Waals surface area contributed by atoms with Crippen LogP contribution in [0, 0.1) is 5.82 Å². The number of hydrogen-bond acceptors (Lipinski definition) is 4. The van der Waals surface area contributed by atoms with Gasteiger partial charge in [0, 0.05) is 12.2 Å². The zero-order valence-corrected chi connectivity index (χ0v) is 12.2. The number of benzene rings is 1. The predicted octanol–water partition coefficient (Wildman–Crippen LogP) is 2.70. The number of hydrogen-bond donors (Lipinski definition) is 1. The first-order valence-electron chi connectivity index (χ1n) is 6.75. The first-order chi connectivity index (χ1) is 10.1. The van der Waals surface area contributed by atoms with E-state index in [0.29, 0.717) is 24.7 Å². The Labute approximate surface area is 123 Å². The van der Waals surface area contributed by atoms with E-state index < -0.39 is 0 Å². The Hall–Kier alpha value is -2.14. The standard InChI is InChI=1S/C16H19FN2O2/c1-11(18)8-13-9-14(17)5-6-15(13)21-10-12-4-3-7-19-16(12)20-2/h3-7,9,11H,8,10,18H2,1-2H3. The van der Waals surface area contributed by atoms with Crippen molar-refractivity contribution in [1.29, 1.82) is 0 Å². The number of pyridine rings is 1. The summed E-state index contributed by atoms with van der Waals surface area (Å²) in [4.78, 5) is 4.11. The van der Waals surface area contributed by atoms with Crippen LogP contribution in [0.3, 0.4) is 0 Å². The molecule has 0 fully saturated rings. The molecular weight excluding hydrogens is 271 g/mol. The van der Waals surface area contributed by atoms with E-state index in [9.17, 15) is 4.39 Å². The minimum Gasteiger partial charge on any atom is -0.488 e. The molecule has 0 spiro atoms. The third-order valence-corrected chi connectivity index (χ3v) is 2.99. The van der Waals surface area contributed by atoms with Crippen LogP contribution in [-0.2, 0) is 13.0 Å². The van der Waals surface area contributed by atoms with Gasteiger partial charge in [-0.3, -0.25) is 0 Å². The molecule has 1 heterocycles. The van der Waals surface area contributed by atoms with E-state index in [0.717, 1.165) is 11.1 Å². The predicted molar refractivity (Wildman–Crippen MR) is 78.9 cm³/mol. The zero-order chi connectivity index (χ0) is 15.2. The SMILES string of the molecule is COc1ncccc1COc1ccc(F)cc1CC(C)N. The minimum atomic E-state index is -0.294. The van der Waals surface area contributed by atoms with Crippen LogP contribution in [0.25, 0.3) is 0 Å². The number of methoxy groups -OCH3 is 1. The molecule has 0 amide bonds.